The summed E-state index contributed by atoms with van der Waals surface area (Å²) in [6.45, 7) is 0.368. The first kappa shape index (κ1) is 12.3. The Kier molecular flexibility index (Phi) is 3.16. The maximum atomic E-state index is 12.8. The average molecular weight is 270 g/mol. The van der Waals surface area contributed by atoms with Gasteiger partial charge < -0.3 is 9.73 Å². The van der Waals surface area contributed by atoms with E-state index in [0.717, 1.165) is 11.1 Å². The molecule has 0 radical (unpaired) electrons. The van der Waals surface area contributed by atoms with Crippen molar-refractivity contribution in [3.63, 3.8) is 0 Å². The van der Waals surface area contributed by atoms with E-state index in [4.69, 9.17) is 4.42 Å². The number of benzene rings is 2. The quantitative estimate of drug-likeness (QED) is 0.796. The molecule has 0 fully saturated rings. The highest BCUT2D eigenvalue weighted by Crippen LogP contribution is 2.14. The monoisotopic (exact) mass is 270 g/mol. The minimum atomic E-state index is -0.364. The second kappa shape index (κ2) is 5.13. The Morgan fingerprint density at radius 3 is 2.80 bits per heavy atom. The third-order valence-electron chi connectivity index (χ3n) is 2.96. The Morgan fingerprint density at radius 2 is 2.00 bits per heavy atom. The molecule has 1 aromatic heterocycles. The van der Waals surface area contributed by atoms with Crippen molar-refractivity contribution in [2.45, 2.75) is 6.54 Å². The van der Waals surface area contributed by atoms with Crippen LogP contribution in [0.4, 0.5) is 4.39 Å². The molecule has 0 saturated carbocycles. The highest BCUT2D eigenvalue weighted by Gasteiger charge is 2.06. The second-order valence-corrected chi connectivity index (χ2v) is 4.34. The van der Waals surface area contributed by atoms with Gasteiger partial charge in [0.05, 0.1) is 0 Å². The van der Waals surface area contributed by atoms with Crippen LogP contribution in [0.25, 0.3) is 11.1 Å². The zero-order valence-electron chi connectivity index (χ0n) is 10.5. The number of oxazole rings is 1. The molecular weight excluding hydrogens is 259 g/mol. The van der Waals surface area contributed by atoms with Gasteiger partial charge in [0, 0.05) is 12.1 Å². The number of hydrogen-bond donors (Lipinski definition) is 1. The fraction of sp³-hybridized carbons (Fsp3) is 0.0667. The van der Waals surface area contributed by atoms with Crippen molar-refractivity contribution in [1.82, 2.24) is 10.3 Å². The molecule has 5 heteroatoms. The van der Waals surface area contributed by atoms with Gasteiger partial charge >= 0.3 is 0 Å². The van der Waals surface area contributed by atoms with E-state index in [2.05, 4.69) is 10.3 Å². The lowest BCUT2D eigenvalue weighted by molar-refractivity contribution is 0.0951. The van der Waals surface area contributed by atoms with Gasteiger partial charge in [0.2, 0.25) is 0 Å². The van der Waals surface area contributed by atoms with E-state index in [1.807, 2.05) is 18.2 Å². The number of amides is 1. The van der Waals surface area contributed by atoms with E-state index < -0.39 is 0 Å². The van der Waals surface area contributed by atoms with Crippen LogP contribution in [0.5, 0.6) is 0 Å². The lowest BCUT2D eigenvalue weighted by atomic mass is 10.2. The topological polar surface area (TPSA) is 55.1 Å². The number of nitrogens with zero attached hydrogens (tertiary/aromatic N) is 1. The van der Waals surface area contributed by atoms with Gasteiger partial charge in [-0.15, -0.1) is 0 Å². The third-order valence-corrected chi connectivity index (χ3v) is 2.96. The summed E-state index contributed by atoms with van der Waals surface area (Å²) in [5, 5.41) is 2.77. The van der Waals surface area contributed by atoms with Gasteiger partial charge in [-0.1, -0.05) is 6.07 Å². The number of carbonyl (C=O) groups is 1. The molecule has 0 bridgehead atoms. The number of nitrogens with one attached hydrogen (secondary N) is 1. The number of hydrogen-bond acceptors (Lipinski definition) is 3. The van der Waals surface area contributed by atoms with E-state index in [1.54, 1.807) is 0 Å². The molecule has 3 rings (SSSR count). The molecule has 100 valence electrons. The summed E-state index contributed by atoms with van der Waals surface area (Å²) in [6.07, 6.45) is 1.38. The van der Waals surface area contributed by atoms with Crippen LogP contribution < -0.4 is 5.32 Å². The van der Waals surface area contributed by atoms with Gasteiger partial charge in [-0.25, -0.2) is 9.37 Å². The maximum Gasteiger partial charge on any atom is 0.251 e. The van der Waals surface area contributed by atoms with Crippen LogP contribution in [0, 0.1) is 5.82 Å². The van der Waals surface area contributed by atoms with Crippen LogP contribution in [-0.2, 0) is 6.54 Å². The summed E-state index contributed by atoms with van der Waals surface area (Å²) in [4.78, 5) is 15.9. The fourth-order valence-corrected chi connectivity index (χ4v) is 1.90. The summed E-state index contributed by atoms with van der Waals surface area (Å²) < 4.78 is 18.0. The van der Waals surface area contributed by atoms with Crippen molar-refractivity contribution < 1.29 is 13.6 Å². The minimum absolute atomic E-state index is 0.248. The minimum Gasteiger partial charge on any atom is -0.443 e. The SMILES string of the molecule is O=C(NCc1ccc2ncoc2c1)c1ccc(F)cc1. The first-order valence-electron chi connectivity index (χ1n) is 6.08. The van der Waals surface area contributed by atoms with Crippen molar-refractivity contribution in [2.24, 2.45) is 0 Å². The summed E-state index contributed by atoms with van der Waals surface area (Å²) in [5.74, 6) is -0.611. The zero-order chi connectivity index (χ0) is 13.9. The predicted octanol–water partition coefficient (Wildman–Crippen LogP) is 2.90. The van der Waals surface area contributed by atoms with Gasteiger partial charge in [0.1, 0.15) is 11.3 Å². The summed E-state index contributed by atoms with van der Waals surface area (Å²) in [7, 11) is 0. The van der Waals surface area contributed by atoms with Gasteiger partial charge in [-0.05, 0) is 42.0 Å². The zero-order valence-corrected chi connectivity index (χ0v) is 10.5. The van der Waals surface area contributed by atoms with Crippen molar-refractivity contribution in [2.75, 3.05) is 0 Å². The summed E-state index contributed by atoms with van der Waals surface area (Å²) in [6, 6.07) is 10.9. The van der Waals surface area contributed by atoms with Gasteiger partial charge in [-0.3, -0.25) is 4.79 Å². The molecule has 0 saturated heterocycles. The van der Waals surface area contributed by atoms with Gasteiger partial charge in [-0.2, -0.15) is 0 Å². The van der Waals surface area contributed by atoms with Crippen molar-refractivity contribution >= 4 is 17.0 Å². The highest BCUT2D eigenvalue weighted by molar-refractivity contribution is 5.94. The average Bonchev–Trinajstić information content (AvgIpc) is 2.93. The smallest absolute Gasteiger partial charge is 0.251 e. The molecule has 0 atom stereocenters. The van der Waals surface area contributed by atoms with E-state index in [-0.39, 0.29) is 11.7 Å². The lowest BCUT2D eigenvalue weighted by Crippen LogP contribution is -2.22. The normalized spacial score (nSPS) is 10.7. The molecule has 0 aliphatic carbocycles. The lowest BCUT2D eigenvalue weighted by Gasteiger charge is -2.05. The number of carbonyl (C=O) groups excluding carboxylic acids is 1. The van der Waals surface area contributed by atoms with Crippen molar-refractivity contribution in [3.05, 3.63) is 65.8 Å². The Morgan fingerprint density at radius 1 is 1.20 bits per heavy atom. The molecule has 0 unspecified atom stereocenters. The molecule has 1 heterocycles. The molecule has 0 aliphatic heterocycles. The van der Waals surface area contributed by atoms with Crippen LogP contribution >= 0.6 is 0 Å². The van der Waals surface area contributed by atoms with Gasteiger partial charge in [0.25, 0.3) is 5.91 Å². The fourth-order valence-electron chi connectivity index (χ4n) is 1.90. The standard InChI is InChI=1S/C15H11FN2O2/c16-12-4-2-11(3-5-12)15(19)17-8-10-1-6-13-14(7-10)20-9-18-13/h1-7,9H,8H2,(H,17,19). The van der Waals surface area contributed by atoms with Crippen LogP contribution in [0.3, 0.4) is 0 Å². The summed E-state index contributed by atoms with van der Waals surface area (Å²) in [5.41, 5.74) is 2.79. The number of halogens is 1. The van der Waals surface area contributed by atoms with Crippen molar-refractivity contribution in [1.29, 1.82) is 0 Å². The molecule has 2 aromatic carbocycles. The third kappa shape index (κ3) is 2.51. The van der Waals surface area contributed by atoms with Crippen LogP contribution in [0.1, 0.15) is 15.9 Å². The Balaban J connectivity index is 1.69. The number of rotatable bonds is 3. The highest BCUT2D eigenvalue weighted by atomic mass is 19.1. The first-order valence-corrected chi connectivity index (χ1v) is 6.08. The Labute approximate surface area is 114 Å². The molecule has 0 spiro atoms. The Bertz CT molecular complexity index is 750. The molecule has 1 N–H and O–H groups in total. The van der Waals surface area contributed by atoms with Crippen molar-refractivity contribution in [3.8, 4) is 0 Å². The number of aromatic nitrogens is 1. The number of fused-ring (bicyclic) bond motifs is 1. The second-order valence-electron chi connectivity index (χ2n) is 4.34. The maximum absolute atomic E-state index is 12.8. The van der Waals surface area contributed by atoms with E-state index in [1.165, 1.54) is 30.7 Å². The van der Waals surface area contributed by atoms with Crippen LogP contribution in [0.2, 0.25) is 0 Å². The molecule has 20 heavy (non-hydrogen) atoms. The first-order chi connectivity index (χ1) is 9.72. The van der Waals surface area contributed by atoms with Crippen LogP contribution in [-0.4, -0.2) is 10.9 Å². The van der Waals surface area contributed by atoms with E-state index >= 15 is 0 Å². The molecule has 4 nitrogen and oxygen atoms in total. The molecule has 1 amide bonds. The summed E-state index contributed by atoms with van der Waals surface area (Å²) >= 11 is 0. The molecule has 3 aromatic rings. The Hall–Kier alpha value is -2.69. The molecule has 0 aliphatic rings. The van der Waals surface area contributed by atoms with Crippen LogP contribution in [0.15, 0.2) is 53.3 Å². The van der Waals surface area contributed by atoms with E-state index in [9.17, 15) is 9.18 Å². The van der Waals surface area contributed by atoms with Gasteiger partial charge in [0.15, 0.2) is 12.0 Å². The largest absolute Gasteiger partial charge is 0.443 e. The predicted molar refractivity (Wildman–Crippen MR) is 71.6 cm³/mol. The molecular formula is C15H11FN2O2. The van der Waals surface area contributed by atoms with E-state index in [0.29, 0.717) is 17.7 Å².